The Morgan fingerprint density at radius 3 is 2.35 bits per heavy atom. The molecule has 0 aromatic heterocycles. The van der Waals surface area contributed by atoms with Crippen LogP contribution in [0, 0.1) is 0 Å². The number of carbonyl (C=O) groups is 1. The lowest BCUT2D eigenvalue weighted by molar-refractivity contribution is -0.118. The molecule has 8 heteroatoms. The van der Waals surface area contributed by atoms with Gasteiger partial charge in [0.2, 0.25) is 5.91 Å². The van der Waals surface area contributed by atoms with E-state index in [0.717, 1.165) is 12.8 Å². The maximum absolute atomic E-state index is 11.9. The summed E-state index contributed by atoms with van der Waals surface area (Å²) in [5.41, 5.74) is 5.32. The van der Waals surface area contributed by atoms with Gasteiger partial charge >= 0.3 is 0 Å². The predicted octanol–water partition coefficient (Wildman–Crippen LogP) is 1.39. The summed E-state index contributed by atoms with van der Waals surface area (Å²) in [5, 5.41) is 3.00. The largest absolute Gasteiger partial charge is 0.355 e. The Kier molecular flexibility index (Phi) is 8.80. The standard InChI is InChI=1S/C12H17ClN2O3S.ClH/c13-10-3-5-11(6-4-10)19(17,18)9-12(16)15-8-2-1-7-14;/h3-6H,1-2,7-9,14H2,(H,15,16);1H. The third-order valence-corrected chi connectivity index (χ3v) is 4.33. The van der Waals surface area contributed by atoms with Crippen LogP contribution in [0.2, 0.25) is 5.02 Å². The molecule has 0 atom stereocenters. The number of nitrogens with one attached hydrogen (secondary N) is 1. The maximum Gasteiger partial charge on any atom is 0.235 e. The lowest BCUT2D eigenvalue weighted by Gasteiger charge is -2.06. The van der Waals surface area contributed by atoms with Gasteiger partial charge in [0, 0.05) is 11.6 Å². The summed E-state index contributed by atoms with van der Waals surface area (Å²) in [6, 6.07) is 5.74. The Bertz CT molecular complexity index is 518. The van der Waals surface area contributed by atoms with Crippen molar-refractivity contribution in [3.05, 3.63) is 29.3 Å². The zero-order chi connectivity index (χ0) is 14.3. The molecule has 20 heavy (non-hydrogen) atoms. The summed E-state index contributed by atoms with van der Waals surface area (Å²) in [4.78, 5) is 11.6. The summed E-state index contributed by atoms with van der Waals surface area (Å²) < 4.78 is 23.8. The summed E-state index contributed by atoms with van der Waals surface area (Å²) >= 11 is 5.68. The molecule has 1 aromatic carbocycles. The Labute approximate surface area is 130 Å². The normalized spacial score (nSPS) is 10.7. The van der Waals surface area contributed by atoms with Crippen molar-refractivity contribution in [3.8, 4) is 0 Å². The highest BCUT2D eigenvalue weighted by Crippen LogP contribution is 2.15. The van der Waals surface area contributed by atoms with E-state index in [4.69, 9.17) is 17.3 Å². The van der Waals surface area contributed by atoms with Crippen LogP contribution in [0.25, 0.3) is 0 Å². The van der Waals surface area contributed by atoms with Crippen molar-refractivity contribution >= 4 is 39.8 Å². The molecule has 0 fully saturated rings. The molecule has 0 spiro atoms. The molecular weight excluding hydrogens is 323 g/mol. The van der Waals surface area contributed by atoms with Gasteiger partial charge in [0.15, 0.2) is 9.84 Å². The predicted molar refractivity (Wildman–Crippen MR) is 82.1 cm³/mol. The first-order valence-electron chi connectivity index (χ1n) is 5.91. The van der Waals surface area contributed by atoms with Crippen molar-refractivity contribution in [2.45, 2.75) is 17.7 Å². The van der Waals surface area contributed by atoms with Gasteiger partial charge < -0.3 is 11.1 Å². The number of hydrogen-bond donors (Lipinski definition) is 2. The number of hydrogen-bond acceptors (Lipinski definition) is 4. The van der Waals surface area contributed by atoms with Gasteiger partial charge in [-0.25, -0.2) is 8.42 Å². The number of unbranched alkanes of at least 4 members (excludes halogenated alkanes) is 1. The highest BCUT2D eigenvalue weighted by molar-refractivity contribution is 7.92. The SMILES string of the molecule is Cl.NCCCCNC(=O)CS(=O)(=O)c1ccc(Cl)cc1. The fourth-order valence-electron chi connectivity index (χ4n) is 1.45. The lowest BCUT2D eigenvalue weighted by Crippen LogP contribution is -2.31. The van der Waals surface area contributed by atoms with E-state index in [2.05, 4.69) is 5.32 Å². The van der Waals surface area contributed by atoms with Crippen LogP contribution >= 0.6 is 24.0 Å². The van der Waals surface area contributed by atoms with Crippen LogP contribution in [0.15, 0.2) is 29.2 Å². The van der Waals surface area contributed by atoms with E-state index in [1.54, 1.807) is 0 Å². The molecule has 0 aliphatic rings. The first kappa shape index (κ1) is 19.2. The number of amides is 1. The minimum Gasteiger partial charge on any atom is -0.355 e. The molecule has 1 amide bonds. The van der Waals surface area contributed by atoms with Crippen molar-refractivity contribution in [2.75, 3.05) is 18.8 Å². The quantitative estimate of drug-likeness (QED) is 0.734. The van der Waals surface area contributed by atoms with Gasteiger partial charge in [-0.05, 0) is 43.7 Å². The van der Waals surface area contributed by atoms with Crippen molar-refractivity contribution < 1.29 is 13.2 Å². The number of carbonyl (C=O) groups excluding carboxylic acids is 1. The molecule has 0 heterocycles. The first-order valence-corrected chi connectivity index (χ1v) is 7.94. The van der Waals surface area contributed by atoms with Crippen molar-refractivity contribution in [1.82, 2.24) is 5.32 Å². The molecule has 5 nitrogen and oxygen atoms in total. The van der Waals surface area contributed by atoms with Gasteiger partial charge in [0.25, 0.3) is 0 Å². The van der Waals surface area contributed by atoms with Crippen LogP contribution < -0.4 is 11.1 Å². The third kappa shape index (κ3) is 6.56. The summed E-state index contributed by atoms with van der Waals surface area (Å²) in [6.45, 7) is 0.991. The number of rotatable bonds is 7. The highest BCUT2D eigenvalue weighted by atomic mass is 35.5. The van der Waals surface area contributed by atoms with Crippen LogP contribution in [0.1, 0.15) is 12.8 Å². The number of nitrogens with two attached hydrogens (primary N) is 1. The van der Waals surface area contributed by atoms with Crippen LogP contribution in [-0.2, 0) is 14.6 Å². The van der Waals surface area contributed by atoms with E-state index in [0.29, 0.717) is 18.1 Å². The van der Waals surface area contributed by atoms with Gasteiger partial charge in [0.05, 0.1) is 4.90 Å². The van der Waals surface area contributed by atoms with E-state index < -0.39 is 21.5 Å². The Morgan fingerprint density at radius 1 is 1.20 bits per heavy atom. The molecule has 0 saturated carbocycles. The molecule has 114 valence electrons. The van der Waals surface area contributed by atoms with Crippen LogP contribution in [-0.4, -0.2) is 33.2 Å². The van der Waals surface area contributed by atoms with E-state index in [-0.39, 0.29) is 17.3 Å². The summed E-state index contributed by atoms with van der Waals surface area (Å²) in [7, 11) is -3.61. The molecule has 0 aliphatic carbocycles. The minimum atomic E-state index is -3.61. The second-order valence-electron chi connectivity index (χ2n) is 4.06. The third-order valence-electron chi connectivity index (χ3n) is 2.45. The molecule has 0 bridgehead atoms. The molecule has 3 N–H and O–H groups in total. The number of benzene rings is 1. The van der Waals surface area contributed by atoms with Crippen molar-refractivity contribution in [2.24, 2.45) is 5.73 Å². The Balaban J connectivity index is 0.00000361. The van der Waals surface area contributed by atoms with Gasteiger partial charge in [-0.3, -0.25) is 4.79 Å². The van der Waals surface area contributed by atoms with E-state index in [1.165, 1.54) is 24.3 Å². The van der Waals surface area contributed by atoms with Crippen LogP contribution in [0.5, 0.6) is 0 Å². The van der Waals surface area contributed by atoms with Crippen LogP contribution in [0.4, 0.5) is 0 Å². The average Bonchev–Trinajstić information content (AvgIpc) is 2.34. The van der Waals surface area contributed by atoms with Crippen LogP contribution in [0.3, 0.4) is 0 Å². The fraction of sp³-hybridized carbons (Fsp3) is 0.417. The van der Waals surface area contributed by atoms with Gasteiger partial charge in [-0.15, -0.1) is 12.4 Å². The molecule has 0 saturated heterocycles. The van der Waals surface area contributed by atoms with E-state index in [9.17, 15) is 13.2 Å². The fourth-order valence-corrected chi connectivity index (χ4v) is 2.74. The second-order valence-corrected chi connectivity index (χ2v) is 6.48. The van der Waals surface area contributed by atoms with Gasteiger partial charge in [0.1, 0.15) is 5.75 Å². The zero-order valence-electron chi connectivity index (χ0n) is 10.8. The second kappa shape index (κ2) is 9.18. The summed E-state index contributed by atoms with van der Waals surface area (Å²) in [5.74, 6) is -1.07. The van der Waals surface area contributed by atoms with Gasteiger partial charge in [-0.1, -0.05) is 11.6 Å². The van der Waals surface area contributed by atoms with Gasteiger partial charge in [-0.2, -0.15) is 0 Å². The molecule has 1 rings (SSSR count). The van der Waals surface area contributed by atoms with E-state index in [1.807, 2.05) is 0 Å². The molecular formula is C12H18Cl2N2O3S. The average molecular weight is 341 g/mol. The minimum absolute atomic E-state index is 0. The zero-order valence-corrected chi connectivity index (χ0v) is 13.2. The molecule has 0 radical (unpaired) electrons. The smallest absolute Gasteiger partial charge is 0.235 e. The topological polar surface area (TPSA) is 89.3 Å². The lowest BCUT2D eigenvalue weighted by atomic mass is 10.3. The highest BCUT2D eigenvalue weighted by Gasteiger charge is 2.18. The monoisotopic (exact) mass is 340 g/mol. The van der Waals surface area contributed by atoms with Crippen molar-refractivity contribution in [3.63, 3.8) is 0 Å². The van der Waals surface area contributed by atoms with E-state index >= 15 is 0 Å². The number of halogens is 2. The molecule has 0 aliphatic heterocycles. The molecule has 1 aromatic rings. The Morgan fingerprint density at radius 2 is 1.80 bits per heavy atom. The summed E-state index contributed by atoms with van der Waals surface area (Å²) in [6.07, 6.45) is 1.54. The number of sulfone groups is 1. The maximum atomic E-state index is 11.9. The molecule has 0 unspecified atom stereocenters. The van der Waals surface area contributed by atoms with Crippen molar-refractivity contribution in [1.29, 1.82) is 0 Å². The first-order chi connectivity index (χ1) is 8.95. The Hall–Kier alpha value is -0.820.